The molecular formula is C12H9BrO3S. The SMILES string of the molecule is CCOC(=O)c1cc2cc(Br)cc(C=O)c2s1. The van der Waals surface area contributed by atoms with E-state index in [4.69, 9.17) is 4.74 Å². The van der Waals surface area contributed by atoms with Crippen molar-refractivity contribution in [3.05, 3.63) is 33.1 Å². The molecule has 2 rings (SSSR count). The third-order valence-corrected chi connectivity index (χ3v) is 3.85. The molecule has 5 heteroatoms. The van der Waals surface area contributed by atoms with Crippen LogP contribution >= 0.6 is 27.3 Å². The second-order valence-corrected chi connectivity index (χ2v) is 5.33. The first kappa shape index (κ1) is 12.3. The third kappa shape index (κ3) is 2.40. The average molecular weight is 313 g/mol. The number of rotatable bonds is 3. The summed E-state index contributed by atoms with van der Waals surface area (Å²) in [4.78, 5) is 23.1. The van der Waals surface area contributed by atoms with Crippen LogP contribution in [-0.4, -0.2) is 18.9 Å². The number of benzene rings is 1. The number of thiophene rings is 1. The Bertz CT molecular complexity index is 589. The van der Waals surface area contributed by atoms with Gasteiger partial charge in [-0.15, -0.1) is 11.3 Å². The molecule has 0 saturated heterocycles. The molecule has 0 aliphatic heterocycles. The lowest BCUT2D eigenvalue weighted by molar-refractivity contribution is 0.0532. The summed E-state index contributed by atoms with van der Waals surface area (Å²) in [6.45, 7) is 2.11. The van der Waals surface area contributed by atoms with Crippen LogP contribution in [0, 0.1) is 0 Å². The van der Waals surface area contributed by atoms with Crippen LogP contribution in [0.25, 0.3) is 10.1 Å². The molecule has 0 saturated carbocycles. The Balaban J connectivity index is 2.56. The van der Waals surface area contributed by atoms with Gasteiger partial charge < -0.3 is 4.74 Å². The van der Waals surface area contributed by atoms with Gasteiger partial charge in [0.15, 0.2) is 6.29 Å². The van der Waals surface area contributed by atoms with E-state index in [9.17, 15) is 9.59 Å². The summed E-state index contributed by atoms with van der Waals surface area (Å²) in [6, 6.07) is 5.36. The highest BCUT2D eigenvalue weighted by Crippen LogP contribution is 2.31. The van der Waals surface area contributed by atoms with Gasteiger partial charge in [-0.25, -0.2) is 4.79 Å². The van der Waals surface area contributed by atoms with Crippen molar-refractivity contribution in [2.45, 2.75) is 6.92 Å². The van der Waals surface area contributed by atoms with E-state index in [-0.39, 0.29) is 5.97 Å². The second kappa shape index (κ2) is 4.98. The highest BCUT2D eigenvalue weighted by molar-refractivity contribution is 9.10. The Morgan fingerprint density at radius 1 is 1.47 bits per heavy atom. The predicted molar refractivity (Wildman–Crippen MR) is 70.9 cm³/mol. The molecular weight excluding hydrogens is 304 g/mol. The van der Waals surface area contributed by atoms with Crippen LogP contribution in [0.2, 0.25) is 0 Å². The van der Waals surface area contributed by atoms with Crippen molar-refractivity contribution in [3.63, 3.8) is 0 Å². The van der Waals surface area contributed by atoms with Crippen molar-refractivity contribution in [1.29, 1.82) is 0 Å². The number of hydrogen-bond acceptors (Lipinski definition) is 4. The number of carbonyl (C=O) groups excluding carboxylic acids is 2. The maximum absolute atomic E-state index is 11.6. The van der Waals surface area contributed by atoms with Gasteiger partial charge >= 0.3 is 5.97 Å². The van der Waals surface area contributed by atoms with Crippen molar-refractivity contribution >= 4 is 49.6 Å². The third-order valence-electron chi connectivity index (χ3n) is 2.21. The maximum atomic E-state index is 11.6. The number of hydrogen-bond donors (Lipinski definition) is 0. The monoisotopic (exact) mass is 312 g/mol. The molecule has 88 valence electrons. The van der Waals surface area contributed by atoms with Gasteiger partial charge in [-0.3, -0.25) is 4.79 Å². The topological polar surface area (TPSA) is 43.4 Å². The van der Waals surface area contributed by atoms with Gasteiger partial charge in [0.1, 0.15) is 4.88 Å². The summed E-state index contributed by atoms with van der Waals surface area (Å²) in [7, 11) is 0. The normalized spacial score (nSPS) is 10.5. The minimum absolute atomic E-state index is 0.345. The number of esters is 1. The zero-order chi connectivity index (χ0) is 12.4. The van der Waals surface area contributed by atoms with Gasteiger partial charge in [0.2, 0.25) is 0 Å². The van der Waals surface area contributed by atoms with Crippen LogP contribution in [0.4, 0.5) is 0 Å². The average Bonchev–Trinajstić information content (AvgIpc) is 2.71. The fourth-order valence-electron chi connectivity index (χ4n) is 1.53. The molecule has 1 aromatic heterocycles. The molecule has 1 heterocycles. The van der Waals surface area contributed by atoms with E-state index in [0.717, 1.165) is 20.8 Å². The van der Waals surface area contributed by atoms with Crippen molar-refractivity contribution in [3.8, 4) is 0 Å². The van der Waals surface area contributed by atoms with Crippen LogP contribution in [0.1, 0.15) is 27.0 Å². The standard InChI is InChI=1S/C12H9BrO3S/c1-2-16-12(15)10-5-7-3-9(13)4-8(6-14)11(7)17-10/h3-6H,2H2,1H3. The molecule has 0 amide bonds. The van der Waals surface area contributed by atoms with Crippen molar-refractivity contribution in [1.82, 2.24) is 0 Å². The lowest BCUT2D eigenvalue weighted by atomic mass is 10.2. The molecule has 0 spiro atoms. The molecule has 0 unspecified atom stereocenters. The van der Waals surface area contributed by atoms with Crippen LogP contribution in [0.5, 0.6) is 0 Å². The lowest BCUT2D eigenvalue weighted by Crippen LogP contribution is -2.01. The number of ether oxygens (including phenoxy) is 1. The number of fused-ring (bicyclic) bond motifs is 1. The molecule has 0 fully saturated rings. The second-order valence-electron chi connectivity index (χ2n) is 3.36. The van der Waals surface area contributed by atoms with Crippen LogP contribution < -0.4 is 0 Å². The Labute approximate surface area is 111 Å². The molecule has 0 N–H and O–H groups in total. The van der Waals surface area contributed by atoms with Crippen LogP contribution in [-0.2, 0) is 4.74 Å². The van der Waals surface area contributed by atoms with Crippen LogP contribution in [0.3, 0.4) is 0 Å². The Kier molecular flexibility index (Phi) is 3.59. The van der Waals surface area contributed by atoms with E-state index in [1.54, 1.807) is 19.1 Å². The molecule has 0 radical (unpaired) electrons. The first-order valence-electron chi connectivity index (χ1n) is 5.01. The van der Waals surface area contributed by atoms with E-state index in [1.807, 2.05) is 6.07 Å². The summed E-state index contributed by atoms with van der Waals surface area (Å²) >= 11 is 4.61. The predicted octanol–water partition coefficient (Wildman–Crippen LogP) is 3.65. The highest BCUT2D eigenvalue weighted by Gasteiger charge is 2.13. The van der Waals surface area contributed by atoms with E-state index in [1.165, 1.54) is 11.3 Å². The van der Waals surface area contributed by atoms with E-state index in [0.29, 0.717) is 17.0 Å². The lowest BCUT2D eigenvalue weighted by Gasteiger charge is -1.96. The molecule has 17 heavy (non-hydrogen) atoms. The largest absolute Gasteiger partial charge is 0.462 e. The summed E-state index contributed by atoms with van der Waals surface area (Å²) < 4.78 is 6.56. The van der Waals surface area contributed by atoms with Gasteiger partial charge in [0.05, 0.1) is 6.61 Å². The molecule has 0 aliphatic rings. The van der Waals surface area contributed by atoms with E-state index in [2.05, 4.69) is 15.9 Å². The molecule has 2 aromatic rings. The van der Waals surface area contributed by atoms with Crippen molar-refractivity contribution in [2.75, 3.05) is 6.61 Å². The van der Waals surface area contributed by atoms with Crippen LogP contribution in [0.15, 0.2) is 22.7 Å². The smallest absolute Gasteiger partial charge is 0.348 e. The van der Waals surface area contributed by atoms with Gasteiger partial charge in [-0.05, 0) is 30.5 Å². The summed E-state index contributed by atoms with van der Waals surface area (Å²) in [5, 5.41) is 0.870. The van der Waals surface area contributed by atoms with Gasteiger partial charge in [0.25, 0.3) is 0 Å². The van der Waals surface area contributed by atoms with Gasteiger partial charge in [0, 0.05) is 14.7 Å². The molecule has 0 aliphatic carbocycles. The quantitative estimate of drug-likeness (QED) is 0.642. The minimum Gasteiger partial charge on any atom is -0.462 e. The minimum atomic E-state index is -0.346. The van der Waals surface area contributed by atoms with Crippen molar-refractivity contribution in [2.24, 2.45) is 0 Å². The fraction of sp³-hybridized carbons (Fsp3) is 0.167. The highest BCUT2D eigenvalue weighted by atomic mass is 79.9. The number of carbonyl (C=O) groups is 2. The first-order valence-corrected chi connectivity index (χ1v) is 6.62. The summed E-state index contributed by atoms with van der Waals surface area (Å²) in [5.41, 5.74) is 0.579. The Hall–Kier alpha value is -1.20. The van der Waals surface area contributed by atoms with E-state index >= 15 is 0 Å². The number of aldehydes is 1. The van der Waals surface area contributed by atoms with E-state index < -0.39 is 0 Å². The van der Waals surface area contributed by atoms with Gasteiger partial charge in [-0.2, -0.15) is 0 Å². The fourth-order valence-corrected chi connectivity index (χ4v) is 3.03. The summed E-state index contributed by atoms with van der Waals surface area (Å²) in [6.07, 6.45) is 0.790. The molecule has 1 aromatic carbocycles. The molecule has 0 atom stereocenters. The van der Waals surface area contributed by atoms with Crippen molar-refractivity contribution < 1.29 is 14.3 Å². The van der Waals surface area contributed by atoms with Gasteiger partial charge in [-0.1, -0.05) is 15.9 Å². The number of halogens is 1. The summed E-state index contributed by atoms with van der Waals surface area (Å²) in [5.74, 6) is -0.346. The zero-order valence-electron chi connectivity index (χ0n) is 9.03. The Morgan fingerprint density at radius 3 is 2.88 bits per heavy atom. The molecule has 3 nitrogen and oxygen atoms in total. The zero-order valence-corrected chi connectivity index (χ0v) is 11.4. The maximum Gasteiger partial charge on any atom is 0.348 e. The first-order chi connectivity index (χ1) is 8.15. The Morgan fingerprint density at radius 2 is 2.24 bits per heavy atom. The molecule has 0 bridgehead atoms.